The summed E-state index contributed by atoms with van der Waals surface area (Å²) in [6.45, 7) is 12.5. The fraction of sp³-hybridized carbons (Fsp3) is 0.750. The van der Waals surface area contributed by atoms with Gasteiger partial charge in [-0.1, -0.05) is 40.7 Å². The highest BCUT2D eigenvalue weighted by Gasteiger charge is 2.32. The van der Waals surface area contributed by atoms with Crippen molar-refractivity contribution in [2.45, 2.75) is 47.5 Å². The molecule has 2 aliphatic heterocycles. The second-order valence-corrected chi connectivity index (χ2v) is 8.24. The number of hydrogen-bond donors (Lipinski definition) is 0. The summed E-state index contributed by atoms with van der Waals surface area (Å²) in [7, 11) is 0. The van der Waals surface area contributed by atoms with Gasteiger partial charge in [-0.15, -0.1) is 11.8 Å². The van der Waals surface area contributed by atoms with E-state index in [1.54, 1.807) is 0 Å². The second kappa shape index (κ2) is 4.96. The Kier molecular flexibility index (Phi) is 3.87. The summed E-state index contributed by atoms with van der Waals surface area (Å²) in [5.74, 6) is 3.04. The van der Waals surface area contributed by atoms with Gasteiger partial charge in [-0.05, 0) is 28.7 Å². The van der Waals surface area contributed by atoms with Gasteiger partial charge in [-0.3, -0.25) is 0 Å². The van der Waals surface area contributed by atoms with Crippen molar-refractivity contribution in [2.75, 3.05) is 12.4 Å². The minimum absolute atomic E-state index is 0.245. The summed E-state index contributed by atoms with van der Waals surface area (Å²) in [6.07, 6.45) is 6.94. The molecule has 0 saturated carbocycles. The zero-order chi connectivity index (χ0) is 13.4. The quantitative estimate of drug-likeness (QED) is 0.711. The van der Waals surface area contributed by atoms with Crippen LogP contribution in [0.1, 0.15) is 47.5 Å². The van der Waals surface area contributed by atoms with Gasteiger partial charge in [0, 0.05) is 17.6 Å². The molecule has 0 aromatic heterocycles. The van der Waals surface area contributed by atoms with Crippen LogP contribution in [0.4, 0.5) is 0 Å². The Balaban J connectivity index is 2.06. The maximum atomic E-state index is 5.88. The van der Waals surface area contributed by atoms with Crippen LogP contribution in [0.2, 0.25) is 0 Å². The fourth-order valence-electron chi connectivity index (χ4n) is 2.63. The summed E-state index contributed by atoms with van der Waals surface area (Å²) in [5.41, 5.74) is 0.595. The maximum Gasteiger partial charge on any atom is 0.0931 e. The van der Waals surface area contributed by atoms with Crippen LogP contribution in [0.25, 0.3) is 0 Å². The van der Waals surface area contributed by atoms with Crippen LogP contribution in [-0.4, -0.2) is 12.4 Å². The van der Waals surface area contributed by atoms with Gasteiger partial charge in [0.15, 0.2) is 0 Å². The van der Waals surface area contributed by atoms with Crippen LogP contribution in [0, 0.1) is 16.7 Å². The van der Waals surface area contributed by atoms with E-state index in [4.69, 9.17) is 4.74 Å². The molecular formula is C16H26OS. The van der Waals surface area contributed by atoms with Crippen molar-refractivity contribution < 1.29 is 4.74 Å². The number of ether oxygens (including phenoxy) is 1. The fourth-order valence-corrected chi connectivity index (χ4v) is 3.42. The van der Waals surface area contributed by atoms with E-state index >= 15 is 0 Å². The van der Waals surface area contributed by atoms with Crippen LogP contribution in [0.3, 0.4) is 0 Å². The minimum atomic E-state index is 0.245. The van der Waals surface area contributed by atoms with E-state index in [2.05, 4.69) is 46.8 Å². The molecule has 2 heterocycles. The zero-order valence-electron chi connectivity index (χ0n) is 12.4. The van der Waals surface area contributed by atoms with Crippen molar-refractivity contribution in [1.82, 2.24) is 0 Å². The molecule has 2 heteroatoms. The van der Waals surface area contributed by atoms with E-state index in [9.17, 15) is 0 Å². The monoisotopic (exact) mass is 266 g/mol. The van der Waals surface area contributed by atoms with E-state index in [1.807, 2.05) is 11.8 Å². The van der Waals surface area contributed by atoms with Crippen molar-refractivity contribution >= 4 is 11.8 Å². The predicted molar refractivity (Wildman–Crippen MR) is 80.5 cm³/mol. The topological polar surface area (TPSA) is 9.23 Å². The lowest BCUT2D eigenvalue weighted by atomic mass is 9.76. The molecule has 2 aliphatic rings. The summed E-state index contributed by atoms with van der Waals surface area (Å²) in [5, 5.41) is 0. The normalized spacial score (nSPS) is 24.8. The third-order valence-corrected chi connectivity index (χ3v) is 5.37. The Morgan fingerprint density at radius 1 is 1.28 bits per heavy atom. The molecular weight excluding hydrogens is 240 g/mol. The second-order valence-electron chi connectivity index (χ2n) is 7.18. The Hall–Kier alpha value is -0.370. The van der Waals surface area contributed by atoms with E-state index < -0.39 is 0 Å². The summed E-state index contributed by atoms with van der Waals surface area (Å²) in [4.78, 5) is 1.53. The highest BCUT2D eigenvalue weighted by molar-refractivity contribution is 8.04. The number of thioether (sulfide) groups is 1. The first-order valence-corrected chi connectivity index (χ1v) is 7.94. The molecule has 0 amide bonds. The first kappa shape index (κ1) is 14.0. The average Bonchev–Trinajstić information content (AvgIpc) is 2.11. The number of allylic oxidation sites excluding steroid dienone is 3. The lowest BCUT2D eigenvalue weighted by molar-refractivity contribution is 0.119. The highest BCUT2D eigenvalue weighted by atomic mass is 32.2. The molecule has 1 nitrogen and oxygen atoms in total. The highest BCUT2D eigenvalue weighted by Crippen LogP contribution is 2.46. The molecule has 102 valence electrons. The number of hydrogen-bond acceptors (Lipinski definition) is 2. The van der Waals surface area contributed by atoms with Crippen LogP contribution in [-0.2, 0) is 4.74 Å². The molecule has 0 spiro atoms. The van der Waals surface area contributed by atoms with Gasteiger partial charge in [0.25, 0.3) is 0 Å². The average molecular weight is 266 g/mol. The lowest BCUT2D eigenvalue weighted by Crippen LogP contribution is -2.26. The van der Waals surface area contributed by atoms with Gasteiger partial charge in [-0.25, -0.2) is 0 Å². The first-order valence-electron chi connectivity index (χ1n) is 6.96. The molecule has 0 bridgehead atoms. The largest absolute Gasteiger partial charge is 0.498 e. The lowest BCUT2D eigenvalue weighted by Gasteiger charge is -2.36. The summed E-state index contributed by atoms with van der Waals surface area (Å²) in [6, 6.07) is 0. The van der Waals surface area contributed by atoms with Gasteiger partial charge in [0.05, 0.1) is 12.4 Å². The molecule has 2 rings (SSSR count). The van der Waals surface area contributed by atoms with Gasteiger partial charge in [0.1, 0.15) is 0 Å². The summed E-state index contributed by atoms with van der Waals surface area (Å²) < 4.78 is 5.88. The van der Waals surface area contributed by atoms with Crippen LogP contribution >= 0.6 is 11.8 Å². The van der Waals surface area contributed by atoms with E-state index in [1.165, 1.54) is 16.4 Å². The smallest absolute Gasteiger partial charge is 0.0931 e. The van der Waals surface area contributed by atoms with Crippen molar-refractivity contribution in [3.63, 3.8) is 0 Å². The van der Waals surface area contributed by atoms with Gasteiger partial charge < -0.3 is 4.74 Å². The third-order valence-electron chi connectivity index (χ3n) is 4.01. The first-order chi connectivity index (χ1) is 8.29. The standard InChI is InChI=1S/C16H26OS/c1-15(2,3)12-6-8-17-13(10-12)11-16(4,5)14-7-9-18-14/h7,10,12H,6,8-9,11H2,1-5H3. The van der Waals surface area contributed by atoms with Gasteiger partial charge >= 0.3 is 0 Å². The minimum Gasteiger partial charge on any atom is -0.498 e. The maximum absolute atomic E-state index is 5.88. The molecule has 1 atom stereocenters. The molecule has 0 fully saturated rings. The van der Waals surface area contributed by atoms with E-state index in [-0.39, 0.29) is 5.41 Å². The molecule has 0 saturated heterocycles. The zero-order valence-corrected chi connectivity index (χ0v) is 13.2. The summed E-state index contributed by atoms with van der Waals surface area (Å²) >= 11 is 1.99. The molecule has 0 aromatic rings. The van der Waals surface area contributed by atoms with Gasteiger partial charge in [-0.2, -0.15) is 0 Å². The van der Waals surface area contributed by atoms with Crippen LogP contribution in [0.5, 0.6) is 0 Å². The molecule has 0 N–H and O–H groups in total. The van der Waals surface area contributed by atoms with Crippen molar-refractivity contribution in [2.24, 2.45) is 16.7 Å². The third kappa shape index (κ3) is 3.14. The van der Waals surface area contributed by atoms with Crippen LogP contribution < -0.4 is 0 Å². The number of rotatable bonds is 3. The molecule has 0 aliphatic carbocycles. The molecule has 18 heavy (non-hydrogen) atoms. The van der Waals surface area contributed by atoms with Crippen molar-refractivity contribution in [1.29, 1.82) is 0 Å². The Bertz CT molecular complexity index is 371. The SMILES string of the molecule is CC(C)(CC1=CC(C(C)(C)C)CCO1)C1=CCS1. The molecule has 1 unspecified atom stereocenters. The molecule has 0 aromatic carbocycles. The van der Waals surface area contributed by atoms with Crippen molar-refractivity contribution in [3.8, 4) is 0 Å². The predicted octanol–water partition coefficient (Wildman–Crippen LogP) is 5.00. The van der Waals surface area contributed by atoms with E-state index in [0.717, 1.165) is 19.4 Å². The van der Waals surface area contributed by atoms with Crippen LogP contribution in [0.15, 0.2) is 22.8 Å². The van der Waals surface area contributed by atoms with Crippen molar-refractivity contribution in [3.05, 3.63) is 22.8 Å². The Morgan fingerprint density at radius 2 is 1.94 bits per heavy atom. The Labute approximate surface area is 116 Å². The molecule has 0 radical (unpaired) electrons. The van der Waals surface area contributed by atoms with Gasteiger partial charge in [0.2, 0.25) is 0 Å². The Morgan fingerprint density at radius 3 is 2.44 bits per heavy atom. The van der Waals surface area contributed by atoms with E-state index in [0.29, 0.717) is 11.3 Å².